The summed E-state index contributed by atoms with van der Waals surface area (Å²) in [5.41, 5.74) is 0. The Balaban J connectivity index is 2.85. The first-order valence-electron chi connectivity index (χ1n) is 5.88. The summed E-state index contributed by atoms with van der Waals surface area (Å²) in [6, 6.07) is 2.25. The molecular weight excluding hydrogens is 202 g/mol. The van der Waals surface area contributed by atoms with Gasteiger partial charge in [0, 0.05) is 18.5 Å². The highest BCUT2D eigenvalue weighted by Crippen LogP contribution is 2.15. The molecule has 0 aliphatic heterocycles. The van der Waals surface area contributed by atoms with Crippen LogP contribution in [0.4, 0.5) is 5.82 Å². The van der Waals surface area contributed by atoms with Crippen LogP contribution in [-0.2, 0) is 6.42 Å². The van der Waals surface area contributed by atoms with E-state index in [9.17, 15) is 0 Å². The Bertz CT molecular complexity index is 328. The number of hydrogen-bond donors (Lipinski definition) is 1. The molecule has 0 aliphatic rings. The number of aromatic nitrogens is 2. The Kier molecular flexibility index (Phi) is 5.02. The fourth-order valence-corrected chi connectivity index (χ4v) is 1.34. The average Bonchev–Trinajstić information content (AvgIpc) is 2.29. The topological polar surface area (TPSA) is 47.0 Å². The first-order chi connectivity index (χ1) is 7.69. The Morgan fingerprint density at radius 3 is 2.69 bits per heavy atom. The first-order valence-corrected chi connectivity index (χ1v) is 5.88. The molecule has 90 valence electrons. The van der Waals surface area contributed by atoms with Crippen molar-refractivity contribution < 1.29 is 4.74 Å². The van der Waals surface area contributed by atoms with E-state index < -0.39 is 0 Å². The van der Waals surface area contributed by atoms with Crippen molar-refractivity contribution in [3.8, 4) is 5.88 Å². The van der Waals surface area contributed by atoms with Gasteiger partial charge < -0.3 is 10.1 Å². The molecule has 0 bridgehead atoms. The summed E-state index contributed by atoms with van der Waals surface area (Å²) >= 11 is 0. The molecule has 1 unspecified atom stereocenters. The van der Waals surface area contributed by atoms with Gasteiger partial charge in [0.05, 0.1) is 7.11 Å². The standard InChI is InChI=1S/C12H21N3O/c1-5-7-10-14-11(13-9(3)6-2)8-12(15-10)16-4/h8-9H,5-7H2,1-4H3,(H,13,14,15). The maximum absolute atomic E-state index is 5.17. The Labute approximate surface area is 97.5 Å². The molecule has 0 fully saturated rings. The highest BCUT2D eigenvalue weighted by molar-refractivity contribution is 5.39. The molecule has 16 heavy (non-hydrogen) atoms. The van der Waals surface area contributed by atoms with Crippen molar-refractivity contribution in [2.75, 3.05) is 12.4 Å². The third kappa shape index (κ3) is 3.68. The van der Waals surface area contributed by atoms with Gasteiger partial charge in [0.1, 0.15) is 11.6 Å². The molecule has 1 atom stereocenters. The molecule has 1 aromatic rings. The minimum Gasteiger partial charge on any atom is -0.481 e. The van der Waals surface area contributed by atoms with Crippen LogP contribution in [0.3, 0.4) is 0 Å². The van der Waals surface area contributed by atoms with Gasteiger partial charge >= 0.3 is 0 Å². The first kappa shape index (κ1) is 12.7. The van der Waals surface area contributed by atoms with Crippen molar-refractivity contribution in [2.45, 2.75) is 46.1 Å². The lowest BCUT2D eigenvalue weighted by molar-refractivity contribution is 0.395. The molecule has 0 radical (unpaired) electrons. The van der Waals surface area contributed by atoms with Crippen LogP contribution in [0.5, 0.6) is 5.88 Å². The molecule has 0 aromatic carbocycles. The largest absolute Gasteiger partial charge is 0.481 e. The highest BCUT2D eigenvalue weighted by Gasteiger charge is 2.06. The lowest BCUT2D eigenvalue weighted by Crippen LogP contribution is -2.15. The van der Waals surface area contributed by atoms with Crippen molar-refractivity contribution >= 4 is 5.82 Å². The lowest BCUT2D eigenvalue weighted by atomic mass is 10.2. The van der Waals surface area contributed by atoms with Crippen molar-refractivity contribution in [3.63, 3.8) is 0 Å². The summed E-state index contributed by atoms with van der Waals surface area (Å²) in [4.78, 5) is 8.76. The minimum atomic E-state index is 0.411. The SMILES string of the molecule is CCCc1nc(NC(C)CC)cc(OC)n1. The van der Waals surface area contributed by atoms with Gasteiger partial charge in [-0.05, 0) is 19.8 Å². The zero-order chi connectivity index (χ0) is 12.0. The van der Waals surface area contributed by atoms with Gasteiger partial charge in [-0.1, -0.05) is 13.8 Å². The average molecular weight is 223 g/mol. The van der Waals surface area contributed by atoms with Crippen LogP contribution in [0.1, 0.15) is 39.4 Å². The Morgan fingerprint density at radius 2 is 2.12 bits per heavy atom. The molecule has 4 nitrogen and oxygen atoms in total. The van der Waals surface area contributed by atoms with E-state index in [1.165, 1.54) is 0 Å². The van der Waals surface area contributed by atoms with Crippen LogP contribution >= 0.6 is 0 Å². The van der Waals surface area contributed by atoms with Crippen molar-refractivity contribution in [3.05, 3.63) is 11.9 Å². The van der Waals surface area contributed by atoms with E-state index in [4.69, 9.17) is 4.74 Å². The summed E-state index contributed by atoms with van der Waals surface area (Å²) in [7, 11) is 1.63. The van der Waals surface area contributed by atoms with E-state index >= 15 is 0 Å². The van der Waals surface area contributed by atoms with Crippen molar-refractivity contribution in [2.24, 2.45) is 0 Å². The van der Waals surface area contributed by atoms with Gasteiger partial charge in [0.2, 0.25) is 5.88 Å². The number of ether oxygens (including phenoxy) is 1. The fraction of sp³-hybridized carbons (Fsp3) is 0.667. The Hall–Kier alpha value is -1.32. The molecule has 4 heteroatoms. The molecule has 0 aliphatic carbocycles. The van der Waals surface area contributed by atoms with Crippen LogP contribution < -0.4 is 10.1 Å². The molecule has 1 heterocycles. The van der Waals surface area contributed by atoms with Crippen LogP contribution in [-0.4, -0.2) is 23.1 Å². The van der Waals surface area contributed by atoms with Gasteiger partial charge in [-0.3, -0.25) is 0 Å². The van der Waals surface area contributed by atoms with Crippen LogP contribution in [0.2, 0.25) is 0 Å². The van der Waals surface area contributed by atoms with Crippen LogP contribution in [0.15, 0.2) is 6.07 Å². The normalized spacial score (nSPS) is 12.2. The van der Waals surface area contributed by atoms with E-state index in [2.05, 4.69) is 36.1 Å². The molecule has 0 saturated carbocycles. The van der Waals surface area contributed by atoms with Crippen LogP contribution in [0, 0.1) is 0 Å². The molecule has 1 rings (SSSR count). The predicted octanol–water partition coefficient (Wildman–Crippen LogP) is 2.65. The lowest BCUT2D eigenvalue weighted by Gasteiger charge is -2.13. The molecule has 1 N–H and O–H groups in total. The molecular formula is C12H21N3O. The van der Waals surface area contributed by atoms with Gasteiger partial charge in [-0.15, -0.1) is 0 Å². The predicted molar refractivity (Wildman–Crippen MR) is 66.0 cm³/mol. The summed E-state index contributed by atoms with van der Waals surface area (Å²) < 4.78 is 5.17. The number of rotatable bonds is 6. The van der Waals surface area contributed by atoms with Gasteiger partial charge in [-0.2, -0.15) is 4.98 Å². The van der Waals surface area contributed by atoms with E-state index in [-0.39, 0.29) is 0 Å². The molecule has 0 amide bonds. The number of nitrogens with zero attached hydrogens (tertiary/aromatic N) is 2. The summed E-state index contributed by atoms with van der Waals surface area (Å²) in [6.07, 6.45) is 2.98. The number of nitrogens with one attached hydrogen (secondary N) is 1. The molecule has 1 aromatic heterocycles. The quantitative estimate of drug-likeness (QED) is 0.805. The third-order valence-electron chi connectivity index (χ3n) is 2.44. The summed E-state index contributed by atoms with van der Waals surface area (Å²) in [5.74, 6) is 2.32. The van der Waals surface area contributed by atoms with Crippen LogP contribution in [0.25, 0.3) is 0 Å². The van der Waals surface area contributed by atoms with E-state index in [1.54, 1.807) is 7.11 Å². The third-order valence-corrected chi connectivity index (χ3v) is 2.44. The molecule has 0 spiro atoms. The highest BCUT2D eigenvalue weighted by atomic mass is 16.5. The minimum absolute atomic E-state index is 0.411. The summed E-state index contributed by atoms with van der Waals surface area (Å²) in [6.45, 7) is 6.39. The van der Waals surface area contributed by atoms with Crippen molar-refractivity contribution in [1.29, 1.82) is 0 Å². The zero-order valence-electron chi connectivity index (χ0n) is 10.6. The second-order valence-corrected chi connectivity index (χ2v) is 3.92. The smallest absolute Gasteiger partial charge is 0.218 e. The van der Waals surface area contributed by atoms with Gasteiger partial charge in [-0.25, -0.2) is 4.98 Å². The second-order valence-electron chi connectivity index (χ2n) is 3.92. The van der Waals surface area contributed by atoms with Crippen molar-refractivity contribution in [1.82, 2.24) is 9.97 Å². The molecule has 0 saturated heterocycles. The fourth-order valence-electron chi connectivity index (χ4n) is 1.34. The summed E-state index contributed by atoms with van der Waals surface area (Å²) in [5, 5.41) is 3.33. The monoisotopic (exact) mass is 223 g/mol. The number of methoxy groups -OCH3 is 1. The van der Waals surface area contributed by atoms with Gasteiger partial charge in [0.25, 0.3) is 0 Å². The maximum Gasteiger partial charge on any atom is 0.218 e. The Morgan fingerprint density at radius 1 is 1.38 bits per heavy atom. The number of anilines is 1. The van der Waals surface area contributed by atoms with Gasteiger partial charge in [0.15, 0.2) is 0 Å². The number of aryl methyl sites for hydroxylation is 1. The van der Waals surface area contributed by atoms with E-state index in [0.717, 1.165) is 30.9 Å². The van der Waals surface area contributed by atoms with E-state index in [0.29, 0.717) is 11.9 Å². The van der Waals surface area contributed by atoms with E-state index in [1.807, 2.05) is 6.07 Å². The number of hydrogen-bond acceptors (Lipinski definition) is 4. The second kappa shape index (κ2) is 6.30. The maximum atomic E-state index is 5.17. The zero-order valence-corrected chi connectivity index (χ0v) is 10.6.